The van der Waals surface area contributed by atoms with Crippen LogP contribution in [0.1, 0.15) is 5.56 Å². The van der Waals surface area contributed by atoms with E-state index < -0.39 is 31.9 Å². The molecule has 0 unspecified atom stereocenters. The van der Waals surface area contributed by atoms with Crippen molar-refractivity contribution in [1.82, 2.24) is 0 Å². The van der Waals surface area contributed by atoms with E-state index in [0.29, 0.717) is 10.5 Å². The van der Waals surface area contributed by atoms with Gasteiger partial charge in [0.15, 0.2) is 0 Å². The Kier molecular flexibility index (Phi) is 5.34. The maximum absolute atomic E-state index is 13.7. The number of nitrogens with zero attached hydrogens (tertiary/aromatic N) is 1. The standard InChI is InChI=1S/C15H7Br2F2NO2S/c16-9-4-5-12(17)15(6-9)23(21,22)10(8-20)7-11-13(18)2-1-3-14(11)19/h1-7H/b10-7+. The van der Waals surface area contributed by atoms with Gasteiger partial charge in [-0.15, -0.1) is 0 Å². The second-order valence-electron chi connectivity index (χ2n) is 4.33. The molecule has 0 amide bonds. The van der Waals surface area contributed by atoms with Crippen molar-refractivity contribution in [2.24, 2.45) is 0 Å². The van der Waals surface area contributed by atoms with Crippen LogP contribution in [0.15, 0.2) is 55.1 Å². The van der Waals surface area contributed by atoms with Crippen molar-refractivity contribution in [2.75, 3.05) is 0 Å². The third-order valence-electron chi connectivity index (χ3n) is 2.86. The molecule has 0 bridgehead atoms. The van der Waals surface area contributed by atoms with E-state index in [1.54, 1.807) is 6.07 Å². The Morgan fingerprint density at radius 2 is 1.74 bits per heavy atom. The second-order valence-corrected chi connectivity index (χ2v) is 7.99. The summed E-state index contributed by atoms with van der Waals surface area (Å²) in [6.07, 6.45) is 0.688. The van der Waals surface area contributed by atoms with Crippen molar-refractivity contribution in [3.8, 4) is 6.07 Å². The highest BCUT2D eigenvalue weighted by Crippen LogP contribution is 2.31. The Bertz CT molecular complexity index is 930. The average molecular weight is 463 g/mol. The molecule has 0 spiro atoms. The summed E-state index contributed by atoms with van der Waals surface area (Å²) in [6.45, 7) is 0. The Hall–Kier alpha value is -1.56. The van der Waals surface area contributed by atoms with E-state index in [2.05, 4.69) is 31.9 Å². The normalized spacial score (nSPS) is 12.0. The lowest BCUT2D eigenvalue weighted by molar-refractivity contribution is 0.578. The lowest BCUT2D eigenvalue weighted by Crippen LogP contribution is -2.05. The highest BCUT2D eigenvalue weighted by molar-refractivity contribution is 9.11. The first kappa shape index (κ1) is 17.8. The first-order valence-electron chi connectivity index (χ1n) is 6.03. The van der Waals surface area contributed by atoms with Crippen LogP contribution in [0, 0.1) is 23.0 Å². The van der Waals surface area contributed by atoms with Crippen LogP contribution in [0.25, 0.3) is 6.08 Å². The fourth-order valence-corrected chi connectivity index (χ4v) is 4.39. The monoisotopic (exact) mass is 461 g/mol. The molecule has 8 heteroatoms. The minimum Gasteiger partial charge on any atom is -0.218 e. The van der Waals surface area contributed by atoms with Gasteiger partial charge in [0.1, 0.15) is 22.6 Å². The van der Waals surface area contributed by atoms with Gasteiger partial charge < -0.3 is 0 Å². The predicted molar refractivity (Wildman–Crippen MR) is 89.0 cm³/mol. The minimum absolute atomic E-state index is 0.184. The van der Waals surface area contributed by atoms with Gasteiger partial charge in [-0.2, -0.15) is 5.26 Å². The van der Waals surface area contributed by atoms with Gasteiger partial charge in [-0.1, -0.05) is 22.0 Å². The molecule has 2 rings (SSSR count). The van der Waals surface area contributed by atoms with E-state index in [9.17, 15) is 17.2 Å². The van der Waals surface area contributed by atoms with Crippen molar-refractivity contribution in [3.05, 3.63) is 67.4 Å². The molecule has 2 aromatic carbocycles. The van der Waals surface area contributed by atoms with Crippen molar-refractivity contribution >= 4 is 47.8 Å². The summed E-state index contributed by atoms with van der Waals surface area (Å²) in [5, 5.41) is 9.16. The molecule has 0 heterocycles. The topological polar surface area (TPSA) is 57.9 Å². The summed E-state index contributed by atoms with van der Waals surface area (Å²) < 4.78 is 53.2. The molecule has 0 aliphatic rings. The minimum atomic E-state index is -4.25. The smallest absolute Gasteiger partial charge is 0.217 e. The summed E-state index contributed by atoms with van der Waals surface area (Å²) in [4.78, 5) is -0.947. The second kappa shape index (κ2) is 6.91. The van der Waals surface area contributed by atoms with Gasteiger partial charge >= 0.3 is 0 Å². The molecule has 0 saturated heterocycles. The van der Waals surface area contributed by atoms with E-state index in [-0.39, 0.29) is 9.37 Å². The van der Waals surface area contributed by atoms with Crippen LogP contribution in [0.2, 0.25) is 0 Å². The zero-order valence-corrected chi connectivity index (χ0v) is 15.2. The summed E-state index contributed by atoms with van der Waals surface area (Å²) in [5.41, 5.74) is -0.584. The van der Waals surface area contributed by atoms with E-state index in [1.165, 1.54) is 18.2 Å². The van der Waals surface area contributed by atoms with Crippen molar-refractivity contribution in [1.29, 1.82) is 5.26 Å². The van der Waals surface area contributed by atoms with Gasteiger partial charge in [0, 0.05) is 14.5 Å². The summed E-state index contributed by atoms with van der Waals surface area (Å²) >= 11 is 6.24. The molecule has 2 aromatic rings. The molecule has 0 aliphatic carbocycles. The van der Waals surface area contributed by atoms with Gasteiger partial charge in [0.2, 0.25) is 9.84 Å². The van der Waals surface area contributed by atoms with E-state index in [1.807, 2.05) is 0 Å². The van der Waals surface area contributed by atoms with Crippen LogP contribution in [0.4, 0.5) is 8.78 Å². The largest absolute Gasteiger partial charge is 0.218 e. The van der Waals surface area contributed by atoms with Crippen LogP contribution in [0.3, 0.4) is 0 Å². The van der Waals surface area contributed by atoms with Crippen LogP contribution >= 0.6 is 31.9 Å². The molecule has 0 saturated carbocycles. The van der Waals surface area contributed by atoms with E-state index in [0.717, 1.165) is 18.2 Å². The van der Waals surface area contributed by atoms with E-state index >= 15 is 0 Å². The first-order chi connectivity index (χ1) is 10.8. The van der Waals surface area contributed by atoms with Crippen molar-refractivity contribution in [2.45, 2.75) is 4.90 Å². The van der Waals surface area contributed by atoms with Gasteiger partial charge in [-0.25, -0.2) is 17.2 Å². The van der Waals surface area contributed by atoms with Crippen LogP contribution < -0.4 is 0 Å². The number of nitriles is 1. The van der Waals surface area contributed by atoms with Gasteiger partial charge in [0.05, 0.1) is 4.90 Å². The SMILES string of the molecule is N#C/C(=C\c1c(F)cccc1F)S(=O)(=O)c1cc(Br)ccc1Br. The number of allylic oxidation sites excluding steroid dienone is 1. The number of hydrogen-bond donors (Lipinski definition) is 0. The Morgan fingerprint density at radius 3 is 2.30 bits per heavy atom. The van der Waals surface area contributed by atoms with Crippen LogP contribution in [-0.4, -0.2) is 8.42 Å². The Morgan fingerprint density at radius 1 is 1.13 bits per heavy atom. The fraction of sp³-hybridized carbons (Fsp3) is 0. The number of sulfone groups is 1. The highest BCUT2D eigenvalue weighted by atomic mass is 79.9. The highest BCUT2D eigenvalue weighted by Gasteiger charge is 2.25. The average Bonchev–Trinajstić information content (AvgIpc) is 2.49. The fourth-order valence-electron chi connectivity index (χ4n) is 1.75. The quantitative estimate of drug-likeness (QED) is 0.614. The summed E-state index contributed by atoms with van der Waals surface area (Å²) in [6, 6.07) is 8.98. The molecule has 23 heavy (non-hydrogen) atoms. The van der Waals surface area contributed by atoms with Gasteiger partial charge in [0.25, 0.3) is 0 Å². The van der Waals surface area contributed by atoms with Crippen molar-refractivity contribution < 1.29 is 17.2 Å². The molecule has 3 nitrogen and oxygen atoms in total. The molecular weight excluding hydrogens is 456 g/mol. The van der Waals surface area contributed by atoms with Crippen LogP contribution in [0.5, 0.6) is 0 Å². The Balaban J connectivity index is 2.68. The maximum atomic E-state index is 13.7. The molecule has 0 radical (unpaired) electrons. The maximum Gasteiger partial charge on any atom is 0.217 e. The lowest BCUT2D eigenvalue weighted by atomic mass is 10.2. The zero-order chi connectivity index (χ0) is 17.2. The van der Waals surface area contributed by atoms with Crippen molar-refractivity contribution in [3.63, 3.8) is 0 Å². The van der Waals surface area contributed by atoms with Gasteiger partial charge in [-0.05, 0) is 52.3 Å². The molecule has 0 N–H and O–H groups in total. The third kappa shape index (κ3) is 3.68. The lowest BCUT2D eigenvalue weighted by Gasteiger charge is -2.07. The molecule has 0 fully saturated rings. The predicted octanol–water partition coefficient (Wildman–Crippen LogP) is 4.83. The molecule has 0 aliphatic heterocycles. The number of hydrogen-bond acceptors (Lipinski definition) is 3. The van der Waals surface area contributed by atoms with Gasteiger partial charge in [-0.3, -0.25) is 0 Å². The molecule has 118 valence electrons. The zero-order valence-electron chi connectivity index (χ0n) is 11.2. The Labute approximate surface area is 148 Å². The number of halogens is 4. The van der Waals surface area contributed by atoms with Crippen LogP contribution in [-0.2, 0) is 9.84 Å². The molecule has 0 atom stereocenters. The number of benzene rings is 2. The summed E-state index contributed by atoms with van der Waals surface area (Å²) in [5.74, 6) is -1.91. The number of rotatable bonds is 3. The molecule has 0 aromatic heterocycles. The first-order valence-corrected chi connectivity index (χ1v) is 9.10. The summed E-state index contributed by atoms with van der Waals surface area (Å²) in [7, 11) is -4.25. The third-order valence-corrected chi connectivity index (χ3v) is 6.01. The van der Waals surface area contributed by atoms with E-state index in [4.69, 9.17) is 5.26 Å². The molecular formula is C15H7Br2F2NO2S.